The van der Waals surface area contributed by atoms with Crippen LogP contribution in [0.15, 0.2) is 88.9 Å². The molecule has 0 atom stereocenters. The van der Waals surface area contributed by atoms with Crippen molar-refractivity contribution < 1.29 is 17.9 Å². The molecule has 0 radical (unpaired) electrons. The third kappa shape index (κ3) is 6.32. The first-order valence-electron chi connectivity index (χ1n) is 12.9. The van der Waals surface area contributed by atoms with Crippen LogP contribution in [0.1, 0.15) is 33.6 Å². The summed E-state index contributed by atoms with van der Waals surface area (Å²) in [6.45, 7) is 7.82. The number of amides is 1. The predicted octanol–water partition coefficient (Wildman–Crippen LogP) is 5.06. The van der Waals surface area contributed by atoms with E-state index in [9.17, 15) is 13.2 Å². The van der Waals surface area contributed by atoms with Gasteiger partial charge in [-0.05, 0) is 74.7 Å². The van der Waals surface area contributed by atoms with Crippen molar-refractivity contribution in [3.8, 4) is 11.4 Å². The number of sulfonamides is 1. The zero-order valence-electron chi connectivity index (χ0n) is 23.4. The number of aryl methyl sites for hydroxylation is 3. The van der Waals surface area contributed by atoms with E-state index in [1.807, 2.05) is 56.3 Å². The van der Waals surface area contributed by atoms with Gasteiger partial charge in [0, 0.05) is 23.5 Å². The normalized spacial score (nSPS) is 11.8. The molecule has 1 N–H and O–H groups in total. The molecule has 0 saturated carbocycles. The minimum Gasteiger partial charge on any atom is -0.497 e. The highest BCUT2D eigenvalue weighted by molar-refractivity contribution is 7.89. The van der Waals surface area contributed by atoms with E-state index in [0.29, 0.717) is 5.75 Å². The van der Waals surface area contributed by atoms with Gasteiger partial charge in [-0.25, -0.2) is 13.8 Å². The summed E-state index contributed by atoms with van der Waals surface area (Å²) in [5.41, 5.74) is 9.60. The number of aromatic nitrogens is 1. The molecule has 0 saturated heterocycles. The molecule has 8 nitrogen and oxygen atoms in total. The second-order valence-electron chi connectivity index (χ2n) is 9.63. The molecule has 0 fully saturated rings. The second-order valence-corrected chi connectivity index (χ2v) is 11.6. The molecule has 3 aromatic carbocycles. The quantitative estimate of drug-likeness (QED) is 0.218. The Morgan fingerprint density at radius 2 is 1.60 bits per heavy atom. The summed E-state index contributed by atoms with van der Waals surface area (Å²) < 4.78 is 35.5. The maximum Gasteiger partial charge on any atom is 0.255 e. The summed E-state index contributed by atoms with van der Waals surface area (Å²) in [4.78, 5) is 13.0. The molecule has 0 spiro atoms. The van der Waals surface area contributed by atoms with E-state index in [0.717, 1.165) is 43.6 Å². The molecule has 40 heavy (non-hydrogen) atoms. The van der Waals surface area contributed by atoms with Gasteiger partial charge >= 0.3 is 0 Å². The number of benzene rings is 3. The number of hydrazone groups is 1. The van der Waals surface area contributed by atoms with Gasteiger partial charge in [-0.15, -0.1) is 0 Å². The smallest absolute Gasteiger partial charge is 0.255 e. The fourth-order valence-electron chi connectivity index (χ4n) is 4.70. The van der Waals surface area contributed by atoms with Gasteiger partial charge in [0.2, 0.25) is 10.0 Å². The van der Waals surface area contributed by atoms with E-state index in [-0.39, 0.29) is 11.4 Å². The van der Waals surface area contributed by atoms with Gasteiger partial charge in [-0.2, -0.15) is 9.41 Å². The number of carbonyl (C=O) groups is 1. The van der Waals surface area contributed by atoms with E-state index >= 15 is 0 Å². The third-order valence-electron chi connectivity index (χ3n) is 6.75. The van der Waals surface area contributed by atoms with Gasteiger partial charge in [0.15, 0.2) is 0 Å². The predicted molar refractivity (Wildman–Crippen MR) is 157 cm³/mol. The van der Waals surface area contributed by atoms with Crippen LogP contribution >= 0.6 is 0 Å². The molecule has 9 heteroatoms. The Hall–Kier alpha value is -4.21. The summed E-state index contributed by atoms with van der Waals surface area (Å²) in [5, 5.41) is 4.16. The van der Waals surface area contributed by atoms with E-state index in [1.54, 1.807) is 18.3 Å². The van der Waals surface area contributed by atoms with E-state index in [2.05, 4.69) is 41.1 Å². The molecule has 0 unspecified atom stereocenters. The largest absolute Gasteiger partial charge is 0.497 e. The van der Waals surface area contributed by atoms with Gasteiger partial charge in [-0.1, -0.05) is 48.5 Å². The molecule has 0 aliphatic carbocycles. The fraction of sp³-hybridized carbons (Fsp3) is 0.226. The Bertz CT molecular complexity index is 1610. The second kappa shape index (κ2) is 12.3. The molecule has 0 aliphatic heterocycles. The standard InChI is InChI=1S/C31H34N4O4S/c1-22-10-9-11-23(2)31(22)35-24(3)18-27(25(35)4)19-32-33-30(36)21-34(20-26-12-7-6-8-13-26)40(37,38)29-16-14-28(39-5)15-17-29/h6-19H,20-21H2,1-5H3,(H,33,36)/b32-19+. The fourth-order valence-corrected chi connectivity index (χ4v) is 6.08. The summed E-state index contributed by atoms with van der Waals surface area (Å²) in [6, 6.07) is 23.4. The van der Waals surface area contributed by atoms with Crippen molar-refractivity contribution in [1.29, 1.82) is 0 Å². The molecule has 0 aliphatic rings. The van der Waals surface area contributed by atoms with Crippen molar-refractivity contribution in [3.05, 3.63) is 113 Å². The van der Waals surface area contributed by atoms with Crippen molar-refractivity contribution >= 4 is 22.1 Å². The number of methoxy groups -OCH3 is 1. The lowest BCUT2D eigenvalue weighted by molar-refractivity contribution is -0.121. The third-order valence-corrected chi connectivity index (χ3v) is 8.55. The highest BCUT2D eigenvalue weighted by Gasteiger charge is 2.27. The van der Waals surface area contributed by atoms with Crippen LogP contribution in [0.5, 0.6) is 5.75 Å². The average Bonchev–Trinajstić information content (AvgIpc) is 3.21. The first-order chi connectivity index (χ1) is 19.1. The summed E-state index contributed by atoms with van der Waals surface area (Å²) in [7, 11) is -2.47. The van der Waals surface area contributed by atoms with Crippen molar-refractivity contribution in [2.24, 2.45) is 5.10 Å². The van der Waals surface area contributed by atoms with E-state index < -0.39 is 22.5 Å². The summed E-state index contributed by atoms with van der Waals surface area (Å²) in [6.07, 6.45) is 1.59. The number of nitrogens with one attached hydrogen (secondary N) is 1. The van der Waals surface area contributed by atoms with Gasteiger partial charge in [0.25, 0.3) is 5.91 Å². The van der Waals surface area contributed by atoms with Crippen LogP contribution in [0, 0.1) is 27.7 Å². The number of hydrogen-bond acceptors (Lipinski definition) is 5. The van der Waals surface area contributed by atoms with Gasteiger partial charge in [0.1, 0.15) is 5.75 Å². The van der Waals surface area contributed by atoms with Crippen molar-refractivity contribution in [2.75, 3.05) is 13.7 Å². The minimum atomic E-state index is -3.98. The Balaban J connectivity index is 1.53. The lowest BCUT2D eigenvalue weighted by Crippen LogP contribution is -2.39. The van der Waals surface area contributed by atoms with E-state index in [4.69, 9.17) is 4.74 Å². The number of nitrogens with zero attached hydrogens (tertiary/aromatic N) is 3. The maximum absolute atomic E-state index is 13.5. The van der Waals surface area contributed by atoms with Crippen molar-refractivity contribution in [2.45, 2.75) is 39.1 Å². The van der Waals surface area contributed by atoms with Crippen LogP contribution in [0.2, 0.25) is 0 Å². The van der Waals surface area contributed by atoms with Crippen LogP contribution in [0.3, 0.4) is 0 Å². The molecule has 4 rings (SSSR count). The molecule has 1 aromatic heterocycles. The summed E-state index contributed by atoms with van der Waals surface area (Å²) >= 11 is 0. The molecule has 1 heterocycles. The van der Waals surface area contributed by atoms with Crippen LogP contribution in [0.4, 0.5) is 0 Å². The number of rotatable bonds is 10. The molecular weight excluding hydrogens is 524 g/mol. The van der Waals surface area contributed by atoms with Crippen LogP contribution in [-0.4, -0.2) is 43.1 Å². The van der Waals surface area contributed by atoms with Crippen molar-refractivity contribution in [3.63, 3.8) is 0 Å². The van der Waals surface area contributed by atoms with Crippen LogP contribution in [-0.2, 0) is 21.4 Å². The first kappa shape index (κ1) is 28.8. The lowest BCUT2D eigenvalue weighted by atomic mass is 10.1. The first-order valence-corrected chi connectivity index (χ1v) is 14.3. The van der Waals surface area contributed by atoms with Gasteiger partial charge in [0.05, 0.1) is 30.5 Å². The number of para-hydroxylation sites is 1. The zero-order valence-corrected chi connectivity index (χ0v) is 24.2. The molecule has 4 aromatic rings. The number of ether oxygens (including phenoxy) is 1. The topological polar surface area (TPSA) is 93.0 Å². The zero-order chi connectivity index (χ0) is 28.9. The molecule has 1 amide bonds. The monoisotopic (exact) mass is 558 g/mol. The van der Waals surface area contributed by atoms with Crippen LogP contribution in [0.25, 0.3) is 5.69 Å². The average molecular weight is 559 g/mol. The molecule has 208 valence electrons. The molecule has 0 bridgehead atoms. The number of carbonyl (C=O) groups excluding carboxylic acids is 1. The summed E-state index contributed by atoms with van der Waals surface area (Å²) in [5.74, 6) is -0.00888. The Labute approximate surface area is 236 Å². The Kier molecular flexibility index (Phi) is 8.86. The Morgan fingerprint density at radius 1 is 0.950 bits per heavy atom. The highest BCUT2D eigenvalue weighted by atomic mass is 32.2. The number of hydrogen-bond donors (Lipinski definition) is 1. The lowest BCUT2D eigenvalue weighted by Gasteiger charge is -2.21. The highest BCUT2D eigenvalue weighted by Crippen LogP contribution is 2.25. The van der Waals surface area contributed by atoms with Crippen LogP contribution < -0.4 is 10.2 Å². The van der Waals surface area contributed by atoms with E-state index in [1.165, 1.54) is 19.2 Å². The maximum atomic E-state index is 13.5. The Morgan fingerprint density at radius 3 is 2.23 bits per heavy atom. The SMILES string of the molecule is COc1ccc(S(=O)(=O)N(CC(=O)N/N=C/c2cc(C)n(-c3c(C)cccc3C)c2C)Cc2ccccc2)cc1. The van der Waals surface area contributed by atoms with Crippen molar-refractivity contribution in [1.82, 2.24) is 14.3 Å². The van der Waals surface area contributed by atoms with Gasteiger partial charge in [-0.3, -0.25) is 4.79 Å². The molecular formula is C31H34N4O4S. The minimum absolute atomic E-state index is 0.0310. The van der Waals surface area contributed by atoms with Gasteiger partial charge < -0.3 is 9.30 Å².